The third-order valence-electron chi connectivity index (χ3n) is 3.61. The SMILES string of the molecule is O=P(OC1CCCOC1)(c1ccccc1)c1ccccc1. The van der Waals surface area contributed by atoms with Crippen LogP contribution in [0.2, 0.25) is 0 Å². The quantitative estimate of drug-likeness (QED) is 0.814. The molecule has 1 aliphatic heterocycles. The molecule has 0 N–H and O–H groups in total. The summed E-state index contributed by atoms with van der Waals surface area (Å²) in [5.41, 5.74) is 0. The second-order valence-corrected chi connectivity index (χ2v) is 7.51. The molecule has 4 heteroatoms. The van der Waals surface area contributed by atoms with Crippen LogP contribution in [0.3, 0.4) is 0 Å². The maximum Gasteiger partial charge on any atom is 0.261 e. The van der Waals surface area contributed by atoms with Gasteiger partial charge in [0.15, 0.2) is 0 Å². The molecule has 3 rings (SSSR count). The summed E-state index contributed by atoms with van der Waals surface area (Å²) in [5.74, 6) is 0. The molecule has 21 heavy (non-hydrogen) atoms. The Morgan fingerprint density at radius 2 is 1.52 bits per heavy atom. The van der Waals surface area contributed by atoms with Gasteiger partial charge in [0.1, 0.15) is 0 Å². The van der Waals surface area contributed by atoms with Crippen molar-refractivity contribution in [3.8, 4) is 0 Å². The van der Waals surface area contributed by atoms with Gasteiger partial charge in [0, 0.05) is 17.2 Å². The van der Waals surface area contributed by atoms with Gasteiger partial charge in [0.05, 0.1) is 12.7 Å². The fourth-order valence-corrected chi connectivity index (χ4v) is 4.78. The van der Waals surface area contributed by atoms with E-state index in [0.29, 0.717) is 6.61 Å². The molecule has 0 bridgehead atoms. The van der Waals surface area contributed by atoms with Gasteiger partial charge in [-0.3, -0.25) is 4.57 Å². The van der Waals surface area contributed by atoms with Gasteiger partial charge in [-0.15, -0.1) is 0 Å². The summed E-state index contributed by atoms with van der Waals surface area (Å²) in [6.07, 6.45) is 1.74. The van der Waals surface area contributed by atoms with Crippen LogP contribution < -0.4 is 10.6 Å². The maximum atomic E-state index is 13.6. The van der Waals surface area contributed by atoms with Crippen molar-refractivity contribution in [2.75, 3.05) is 13.2 Å². The van der Waals surface area contributed by atoms with Crippen LogP contribution in [0.1, 0.15) is 12.8 Å². The predicted octanol–water partition coefficient (Wildman–Crippen LogP) is 3.11. The zero-order valence-electron chi connectivity index (χ0n) is 11.9. The van der Waals surface area contributed by atoms with Crippen LogP contribution in [0.4, 0.5) is 0 Å². The highest BCUT2D eigenvalue weighted by atomic mass is 31.2. The summed E-state index contributed by atoms with van der Waals surface area (Å²) in [4.78, 5) is 0. The lowest BCUT2D eigenvalue weighted by atomic mass is 10.2. The Morgan fingerprint density at radius 1 is 0.952 bits per heavy atom. The van der Waals surface area contributed by atoms with E-state index in [1.165, 1.54) is 0 Å². The van der Waals surface area contributed by atoms with Crippen molar-refractivity contribution < 1.29 is 13.8 Å². The molecule has 2 aromatic rings. The van der Waals surface area contributed by atoms with Gasteiger partial charge in [-0.1, -0.05) is 36.4 Å². The Bertz CT molecular complexity index is 563. The molecule has 2 aromatic carbocycles. The Kier molecular flexibility index (Phi) is 4.54. The smallest absolute Gasteiger partial charge is 0.261 e. The van der Waals surface area contributed by atoms with E-state index >= 15 is 0 Å². The lowest BCUT2D eigenvalue weighted by Gasteiger charge is -2.28. The van der Waals surface area contributed by atoms with Crippen molar-refractivity contribution in [1.29, 1.82) is 0 Å². The first-order chi connectivity index (χ1) is 10.3. The van der Waals surface area contributed by atoms with E-state index in [1.54, 1.807) is 0 Å². The normalized spacial score (nSPS) is 19.3. The molecule has 110 valence electrons. The van der Waals surface area contributed by atoms with Crippen molar-refractivity contribution in [2.24, 2.45) is 0 Å². The van der Waals surface area contributed by atoms with Crippen molar-refractivity contribution in [1.82, 2.24) is 0 Å². The van der Waals surface area contributed by atoms with Gasteiger partial charge < -0.3 is 9.26 Å². The first-order valence-electron chi connectivity index (χ1n) is 7.26. The van der Waals surface area contributed by atoms with E-state index in [0.717, 1.165) is 30.1 Å². The maximum absolute atomic E-state index is 13.6. The summed E-state index contributed by atoms with van der Waals surface area (Å²) in [7, 11) is -3.07. The van der Waals surface area contributed by atoms with Gasteiger partial charge in [-0.05, 0) is 37.1 Å². The van der Waals surface area contributed by atoms with E-state index < -0.39 is 7.37 Å². The number of benzene rings is 2. The molecule has 0 amide bonds. The lowest BCUT2D eigenvalue weighted by molar-refractivity contribution is 0.0104. The number of hydrogen-bond acceptors (Lipinski definition) is 3. The third-order valence-corrected chi connectivity index (χ3v) is 6.16. The van der Waals surface area contributed by atoms with Crippen LogP contribution in [-0.4, -0.2) is 19.3 Å². The van der Waals surface area contributed by atoms with E-state index in [9.17, 15) is 4.57 Å². The molecule has 1 saturated heterocycles. The summed E-state index contributed by atoms with van der Waals surface area (Å²) < 4.78 is 25.1. The molecular formula is C17H19O3P. The first kappa shape index (κ1) is 14.5. The van der Waals surface area contributed by atoms with E-state index in [2.05, 4.69) is 0 Å². The Hall–Kier alpha value is -1.41. The molecule has 0 saturated carbocycles. The first-order valence-corrected chi connectivity index (χ1v) is 8.89. The monoisotopic (exact) mass is 302 g/mol. The van der Waals surface area contributed by atoms with Crippen LogP contribution in [0.15, 0.2) is 60.7 Å². The van der Waals surface area contributed by atoms with Gasteiger partial charge in [-0.25, -0.2) is 0 Å². The zero-order valence-corrected chi connectivity index (χ0v) is 12.7. The standard InChI is InChI=1S/C17H19O3P/c18-21(16-9-3-1-4-10-16,17-11-5-2-6-12-17)20-15-8-7-13-19-14-15/h1-6,9-12,15H,7-8,13-14H2. The summed E-state index contributed by atoms with van der Waals surface area (Å²) in [6, 6.07) is 18.9. The van der Waals surface area contributed by atoms with E-state index in [1.807, 2.05) is 60.7 Å². The average Bonchev–Trinajstić information content (AvgIpc) is 2.57. The minimum absolute atomic E-state index is 0.106. The predicted molar refractivity (Wildman–Crippen MR) is 84.7 cm³/mol. The van der Waals surface area contributed by atoms with Crippen LogP contribution >= 0.6 is 7.37 Å². The molecule has 0 spiro atoms. The van der Waals surface area contributed by atoms with Crippen LogP contribution in [0, 0.1) is 0 Å². The van der Waals surface area contributed by atoms with Crippen LogP contribution in [-0.2, 0) is 13.8 Å². The number of rotatable bonds is 4. The molecule has 0 radical (unpaired) electrons. The van der Waals surface area contributed by atoms with Gasteiger partial charge in [0.2, 0.25) is 0 Å². The van der Waals surface area contributed by atoms with Gasteiger partial charge >= 0.3 is 0 Å². The number of ether oxygens (including phenoxy) is 1. The largest absolute Gasteiger partial charge is 0.379 e. The fraction of sp³-hybridized carbons (Fsp3) is 0.294. The molecule has 1 heterocycles. The topological polar surface area (TPSA) is 35.5 Å². The van der Waals surface area contributed by atoms with Crippen molar-refractivity contribution in [2.45, 2.75) is 18.9 Å². The lowest BCUT2D eigenvalue weighted by Crippen LogP contribution is -2.29. The fourth-order valence-electron chi connectivity index (χ4n) is 2.52. The minimum atomic E-state index is -3.07. The average molecular weight is 302 g/mol. The van der Waals surface area contributed by atoms with Crippen molar-refractivity contribution in [3.05, 3.63) is 60.7 Å². The van der Waals surface area contributed by atoms with Crippen LogP contribution in [0.25, 0.3) is 0 Å². The highest BCUT2D eigenvalue weighted by Crippen LogP contribution is 2.46. The second-order valence-electron chi connectivity index (χ2n) is 5.17. The Morgan fingerprint density at radius 3 is 2.00 bits per heavy atom. The van der Waals surface area contributed by atoms with E-state index in [4.69, 9.17) is 9.26 Å². The third kappa shape index (κ3) is 3.26. The van der Waals surface area contributed by atoms with Crippen molar-refractivity contribution >= 4 is 18.0 Å². The van der Waals surface area contributed by atoms with Crippen LogP contribution in [0.5, 0.6) is 0 Å². The summed E-state index contributed by atoms with van der Waals surface area (Å²) in [6.45, 7) is 1.28. The zero-order chi connectivity index (χ0) is 14.5. The number of hydrogen-bond donors (Lipinski definition) is 0. The molecule has 1 aliphatic rings. The summed E-state index contributed by atoms with van der Waals surface area (Å²) >= 11 is 0. The summed E-state index contributed by atoms with van der Waals surface area (Å²) in [5, 5.41) is 1.48. The van der Waals surface area contributed by atoms with Crippen molar-refractivity contribution in [3.63, 3.8) is 0 Å². The Labute approximate surface area is 125 Å². The minimum Gasteiger partial charge on any atom is -0.379 e. The Balaban J connectivity index is 1.96. The molecule has 3 nitrogen and oxygen atoms in total. The van der Waals surface area contributed by atoms with Gasteiger partial charge in [0.25, 0.3) is 7.37 Å². The molecule has 0 aromatic heterocycles. The molecule has 0 aliphatic carbocycles. The molecular weight excluding hydrogens is 283 g/mol. The van der Waals surface area contributed by atoms with Gasteiger partial charge in [-0.2, -0.15) is 0 Å². The molecule has 1 unspecified atom stereocenters. The molecule has 1 atom stereocenters. The van der Waals surface area contributed by atoms with E-state index in [-0.39, 0.29) is 6.10 Å². The highest BCUT2D eigenvalue weighted by molar-refractivity contribution is 7.74. The second kappa shape index (κ2) is 6.57. The molecule has 1 fully saturated rings. The highest BCUT2D eigenvalue weighted by Gasteiger charge is 2.32.